The van der Waals surface area contributed by atoms with Crippen molar-refractivity contribution in [3.63, 3.8) is 0 Å². The number of hydrogen-bond acceptors (Lipinski definition) is 1. The first-order valence-corrected chi connectivity index (χ1v) is 4.34. The van der Waals surface area contributed by atoms with Crippen molar-refractivity contribution < 1.29 is 0 Å². The molecule has 0 radical (unpaired) electrons. The van der Waals surface area contributed by atoms with Crippen LogP contribution in [0.1, 0.15) is 34.1 Å². The maximum absolute atomic E-state index is 3.68. The molecule has 0 bridgehead atoms. The van der Waals surface area contributed by atoms with Gasteiger partial charge in [-0.25, -0.2) is 0 Å². The van der Waals surface area contributed by atoms with E-state index in [1.165, 1.54) is 6.42 Å². The molecule has 66 valence electrons. The third-order valence-corrected chi connectivity index (χ3v) is 1.64. The van der Waals surface area contributed by atoms with E-state index in [2.05, 4.69) is 39.6 Å². The van der Waals surface area contributed by atoms with Gasteiger partial charge in [-0.2, -0.15) is 0 Å². The predicted octanol–water partition coefficient (Wildman–Crippen LogP) is 2.59. The van der Waals surface area contributed by atoms with Gasteiger partial charge in [0.05, 0.1) is 0 Å². The SMILES string of the molecule is C=CCNC(C)(C)CC(C)C. The van der Waals surface area contributed by atoms with Crippen molar-refractivity contribution in [2.24, 2.45) is 5.92 Å². The fraction of sp³-hybridized carbons (Fsp3) is 0.800. The summed E-state index contributed by atoms with van der Waals surface area (Å²) in [5.74, 6) is 0.752. The third kappa shape index (κ3) is 6.11. The van der Waals surface area contributed by atoms with Crippen LogP contribution >= 0.6 is 0 Å². The summed E-state index contributed by atoms with van der Waals surface area (Å²) in [5.41, 5.74) is 0.252. The Kier molecular flexibility index (Phi) is 4.43. The average molecular weight is 155 g/mol. The van der Waals surface area contributed by atoms with Crippen LogP contribution in [0.2, 0.25) is 0 Å². The molecule has 0 aromatic rings. The zero-order chi connectivity index (χ0) is 8.91. The Morgan fingerprint density at radius 3 is 2.36 bits per heavy atom. The van der Waals surface area contributed by atoms with E-state index in [4.69, 9.17) is 0 Å². The smallest absolute Gasteiger partial charge is 0.0137 e. The highest BCUT2D eigenvalue weighted by Crippen LogP contribution is 2.14. The topological polar surface area (TPSA) is 12.0 Å². The van der Waals surface area contributed by atoms with E-state index in [0.29, 0.717) is 0 Å². The summed E-state index contributed by atoms with van der Waals surface area (Å²) in [7, 11) is 0. The van der Waals surface area contributed by atoms with Gasteiger partial charge in [-0.3, -0.25) is 0 Å². The van der Waals surface area contributed by atoms with Crippen molar-refractivity contribution in [1.29, 1.82) is 0 Å². The van der Waals surface area contributed by atoms with Crippen LogP contribution in [0.3, 0.4) is 0 Å². The van der Waals surface area contributed by atoms with E-state index in [1.54, 1.807) is 0 Å². The fourth-order valence-electron chi connectivity index (χ4n) is 1.44. The normalized spacial score (nSPS) is 12.1. The standard InChI is InChI=1S/C10H21N/c1-6-7-11-10(4,5)8-9(2)3/h6,9,11H,1,7-8H2,2-5H3. The van der Waals surface area contributed by atoms with Gasteiger partial charge in [0.2, 0.25) is 0 Å². The average Bonchev–Trinajstić information content (AvgIpc) is 1.81. The zero-order valence-corrected chi connectivity index (χ0v) is 8.28. The molecule has 0 aromatic carbocycles. The molecule has 1 N–H and O–H groups in total. The van der Waals surface area contributed by atoms with Crippen LogP contribution in [0.25, 0.3) is 0 Å². The lowest BCUT2D eigenvalue weighted by molar-refractivity contribution is 0.330. The van der Waals surface area contributed by atoms with Gasteiger partial charge >= 0.3 is 0 Å². The van der Waals surface area contributed by atoms with Crippen LogP contribution in [0.15, 0.2) is 12.7 Å². The lowest BCUT2D eigenvalue weighted by atomic mass is 9.93. The molecule has 1 heteroatoms. The molecule has 0 unspecified atom stereocenters. The first kappa shape index (κ1) is 10.7. The van der Waals surface area contributed by atoms with Crippen LogP contribution in [0.5, 0.6) is 0 Å². The molecular weight excluding hydrogens is 134 g/mol. The van der Waals surface area contributed by atoms with Crippen LogP contribution in [0.4, 0.5) is 0 Å². The number of hydrogen-bond donors (Lipinski definition) is 1. The van der Waals surface area contributed by atoms with Gasteiger partial charge in [0.15, 0.2) is 0 Å². The minimum atomic E-state index is 0.252. The molecule has 0 aliphatic heterocycles. The first-order chi connectivity index (χ1) is 4.98. The van der Waals surface area contributed by atoms with E-state index in [9.17, 15) is 0 Å². The van der Waals surface area contributed by atoms with Crippen molar-refractivity contribution in [1.82, 2.24) is 5.32 Å². The molecule has 0 aliphatic rings. The monoisotopic (exact) mass is 155 g/mol. The Hall–Kier alpha value is -0.300. The van der Waals surface area contributed by atoms with Gasteiger partial charge in [-0.1, -0.05) is 19.9 Å². The van der Waals surface area contributed by atoms with Crippen molar-refractivity contribution >= 4 is 0 Å². The summed E-state index contributed by atoms with van der Waals surface area (Å²) in [5, 5.41) is 3.42. The predicted molar refractivity (Wildman–Crippen MR) is 51.7 cm³/mol. The van der Waals surface area contributed by atoms with E-state index < -0.39 is 0 Å². The summed E-state index contributed by atoms with van der Waals surface area (Å²) in [6.07, 6.45) is 3.11. The molecule has 0 fully saturated rings. The lowest BCUT2D eigenvalue weighted by Crippen LogP contribution is -2.40. The molecule has 1 nitrogen and oxygen atoms in total. The minimum Gasteiger partial charge on any atom is -0.308 e. The van der Waals surface area contributed by atoms with E-state index in [1.807, 2.05) is 6.08 Å². The van der Waals surface area contributed by atoms with Crippen LogP contribution in [-0.2, 0) is 0 Å². The minimum absolute atomic E-state index is 0.252. The molecule has 0 amide bonds. The highest BCUT2D eigenvalue weighted by molar-refractivity contribution is 4.82. The molecular formula is C10H21N. The molecule has 0 spiro atoms. The summed E-state index contributed by atoms with van der Waals surface area (Å²) < 4.78 is 0. The summed E-state index contributed by atoms with van der Waals surface area (Å²) in [6, 6.07) is 0. The molecule has 0 saturated heterocycles. The van der Waals surface area contributed by atoms with Gasteiger partial charge in [0.1, 0.15) is 0 Å². The van der Waals surface area contributed by atoms with Gasteiger partial charge in [0.25, 0.3) is 0 Å². The van der Waals surface area contributed by atoms with E-state index >= 15 is 0 Å². The molecule has 0 atom stereocenters. The number of rotatable bonds is 5. The molecule has 11 heavy (non-hydrogen) atoms. The third-order valence-electron chi connectivity index (χ3n) is 1.64. The van der Waals surface area contributed by atoms with Crippen molar-refractivity contribution in [2.75, 3.05) is 6.54 Å². The highest BCUT2D eigenvalue weighted by atomic mass is 14.9. The lowest BCUT2D eigenvalue weighted by Gasteiger charge is -2.27. The quantitative estimate of drug-likeness (QED) is 0.602. The second-order valence-corrected chi connectivity index (χ2v) is 4.15. The molecule has 0 rings (SSSR count). The second kappa shape index (κ2) is 4.55. The van der Waals surface area contributed by atoms with Crippen molar-refractivity contribution in [3.8, 4) is 0 Å². The molecule has 0 heterocycles. The van der Waals surface area contributed by atoms with E-state index in [-0.39, 0.29) is 5.54 Å². The fourth-order valence-corrected chi connectivity index (χ4v) is 1.44. The first-order valence-electron chi connectivity index (χ1n) is 4.34. The van der Waals surface area contributed by atoms with Crippen molar-refractivity contribution in [3.05, 3.63) is 12.7 Å². The van der Waals surface area contributed by atoms with Gasteiger partial charge < -0.3 is 5.32 Å². The summed E-state index contributed by atoms with van der Waals surface area (Å²) in [6.45, 7) is 13.5. The van der Waals surface area contributed by atoms with Crippen molar-refractivity contribution in [2.45, 2.75) is 39.7 Å². The number of nitrogens with one attached hydrogen (secondary N) is 1. The maximum atomic E-state index is 3.68. The van der Waals surface area contributed by atoms with Crippen LogP contribution in [-0.4, -0.2) is 12.1 Å². The Morgan fingerprint density at radius 2 is 2.00 bits per heavy atom. The summed E-state index contributed by atoms with van der Waals surface area (Å²) >= 11 is 0. The molecule has 0 aromatic heterocycles. The van der Waals surface area contributed by atoms with Gasteiger partial charge in [-0.05, 0) is 26.2 Å². The highest BCUT2D eigenvalue weighted by Gasteiger charge is 2.16. The molecule has 0 aliphatic carbocycles. The van der Waals surface area contributed by atoms with Gasteiger partial charge in [-0.15, -0.1) is 6.58 Å². The van der Waals surface area contributed by atoms with Crippen LogP contribution < -0.4 is 5.32 Å². The largest absolute Gasteiger partial charge is 0.308 e. The Bertz CT molecular complexity index is 114. The maximum Gasteiger partial charge on any atom is 0.0137 e. The van der Waals surface area contributed by atoms with Gasteiger partial charge in [0, 0.05) is 12.1 Å². The van der Waals surface area contributed by atoms with Crippen LogP contribution in [0, 0.1) is 5.92 Å². The van der Waals surface area contributed by atoms with E-state index in [0.717, 1.165) is 12.5 Å². The molecule has 0 saturated carbocycles. The Labute approximate surface area is 70.9 Å². The Morgan fingerprint density at radius 1 is 1.45 bits per heavy atom. The zero-order valence-electron chi connectivity index (χ0n) is 8.28. The summed E-state index contributed by atoms with van der Waals surface area (Å²) in [4.78, 5) is 0. The second-order valence-electron chi connectivity index (χ2n) is 4.15. The Balaban J connectivity index is 3.69.